The van der Waals surface area contributed by atoms with Crippen LogP contribution in [0, 0.1) is 0 Å². The molecule has 0 saturated heterocycles. The summed E-state index contributed by atoms with van der Waals surface area (Å²) in [6, 6.07) is 8.39. The van der Waals surface area contributed by atoms with E-state index in [2.05, 4.69) is 34.5 Å². The Morgan fingerprint density at radius 2 is 2.25 bits per heavy atom. The summed E-state index contributed by atoms with van der Waals surface area (Å²) in [7, 11) is 3.61. The van der Waals surface area contributed by atoms with Gasteiger partial charge in [0.05, 0.1) is 7.11 Å². The number of aryl methyl sites for hydroxylation is 1. The van der Waals surface area contributed by atoms with Gasteiger partial charge >= 0.3 is 0 Å². The Morgan fingerprint density at radius 1 is 1.40 bits per heavy atom. The fraction of sp³-hybridized carbons (Fsp3) is 0.467. The van der Waals surface area contributed by atoms with E-state index in [0.29, 0.717) is 0 Å². The molecule has 0 fully saturated rings. The number of nitrogens with one attached hydrogen (secondary N) is 1. The monoisotopic (exact) mass is 274 g/mol. The minimum absolute atomic E-state index is 0.216. The third kappa shape index (κ3) is 3.57. The van der Waals surface area contributed by atoms with Gasteiger partial charge < -0.3 is 10.1 Å². The molecule has 20 heavy (non-hydrogen) atoms. The van der Waals surface area contributed by atoms with Crippen molar-refractivity contribution >= 4 is 0 Å². The van der Waals surface area contributed by atoms with E-state index in [0.717, 1.165) is 31.0 Å². The molecule has 0 aliphatic heterocycles. The second-order valence-electron chi connectivity index (χ2n) is 4.79. The van der Waals surface area contributed by atoms with Gasteiger partial charge in [-0.3, -0.25) is 4.68 Å². The lowest BCUT2D eigenvalue weighted by molar-refractivity contribution is 0.412. The van der Waals surface area contributed by atoms with Gasteiger partial charge in [0.25, 0.3) is 0 Å². The maximum Gasteiger partial charge on any atom is 0.138 e. The Morgan fingerprint density at radius 3 is 2.90 bits per heavy atom. The van der Waals surface area contributed by atoms with Crippen LogP contribution in [0.15, 0.2) is 30.6 Å². The molecule has 1 unspecified atom stereocenters. The third-order valence-corrected chi connectivity index (χ3v) is 3.33. The number of aromatic nitrogens is 3. The zero-order valence-electron chi connectivity index (χ0n) is 12.3. The maximum atomic E-state index is 5.31. The van der Waals surface area contributed by atoms with Crippen molar-refractivity contribution in [1.29, 1.82) is 0 Å². The van der Waals surface area contributed by atoms with Gasteiger partial charge in [-0.1, -0.05) is 19.1 Å². The van der Waals surface area contributed by atoms with Crippen LogP contribution >= 0.6 is 0 Å². The largest absolute Gasteiger partial charge is 0.497 e. The summed E-state index contributed by atoms with van der Waals surface area (Å²) < 4.78 is 7.13. The minimum atomic E-state index is 0.216. The van der Waals surface area contributed by atoms with Gasteiger partial charge in [-0.25, -0.2) is 4.98 Å². The molecule has 0 amide bonds. The first-order valence-corrected chi connectivity index (χ1v) is 6.94. The van der Waals surface area contributed by atoms with Crippen LogP contribution in [0.2, 0.25) is 0 Å². The molecule has 1 N–H and O–H groups in total. The molecule has 0 aliphatic rings. The molecule has 5 heteroatoms. The van der Waals surface area contributed by atoms with Crippen LogP contribution in [-0.4, -0.2) is 28.4 Å². The molecule has 1 atom stereocenters. The molecule has 108 valence electrons. The zero-order chi connectivity index (χ0) is 14.4. The van der Waals surface area contributed by atoms with Crippen LogP contribution in [0.3, 0.4) is 0 Å². The number of nitrogens with zero attached hydrogens (tertiary/aromatic N) is 3. The van der Waals surface area contributed by atoms with Crippen molar-refractivity contribution in [3.8, 4) is 5.75 Å². The summed E-state index contributed by atoms with van der Waals surface area (Å²) in [5, 5.41) is 7.70. The number of rotatable bonds is 7. The van der Waals surface area contributed by atoms with Gasteiger partial charge in [0.1, 0.15) is 17.9 Å². The summed E-state index contributed by atoms with van der Waals surface area (Å²) in [4.78, 5) is 4.31. The highest BCUT2D eigenvalue weighted by Gasteiger charge is 2.15. The van der Waals surface area contributed by atoms with Gasteiger partial charge in [0.2, 0.25) is 0 Å². The fourth-order valence-electron chi connectivity index (χ4n) is 2.17. The smallest absolute Gasteiger partial charge is 0.138 e. The van der Waals surface area contributed by atoms with Crippen molar-refractivity contribution in [2.24, 2.45) is 7.05 Å². The van der Waals surface area contributed by atoms with Gasteiger partial charge in [-0.05, 0) is 30.7 Å². The molecule has 2 rings (SSSR count). The van der Waals surface area contributed by atoms with Crippen LogP contribution in [-0.2, 0) is 13.5 Å². The second-order valence-corrected chi connectivity index (χ2v) is 4.79. The van der Waals surface area contributed by atoms with Crippen LogP contribution in [0.4, 0.5) is 0 Å². The molecule has 1 aromatic heterocycles. The quantitative estimate of drug-likeness (QED) is 0.840. The van der Waals surface area contributed by atoms with Crippen molar-refractivity contribution in [2.75, 3.05) is 13.7 Å². The van der Waals surface area contributed by atoms with E-state index in [1.54, 1.807) is 13.4 Å². The van der Waals surface area contributed by atoms with Gasteiger partial charge in [-0.2, -0.15) is 5.10 Å². The Bertz CT molecular complexity index is 538. The third-order valence-electron chi connectivity index (χ3n) is 3.33. The predicted octanol–water partition coefficient (Wildman–Crippen LogP) is 2.11. The molecule has 0 spiro atoms. The van der Waals surface area contributed by atoms with Crippen molar-refractivity contribution in [2.45, 2.75) is 25.8 Å². The number of hydrogen-bond donors (Lipinski definition) is 1. The highest BCUT2D eigenvalue weighted by Crippen LogP contribution is 2.21. The normalized spacial score (nSPS) is 12.3. The van der Waals surface area contributed by atoms with E-state index in [9.17, 15) is 0 Å². The average Bonchev–Trinajstić information content (AvgIpc) is 2.88. The maximum absolute atomic E-state index is 5.31. The first-order valence-electron chi connectivity index (χ1n) is 6.94. The molecular formula is C15H22N4O. The Kier molecular flexibility index (Phi) is 5.12. The lowest BCUT2D eigenvalue weighted by atomic mass is 10.0. The number of ether oxygens (including phenoxy) is 1. The van der Waals surface area contributed by atoms with E-state index in [1.165, 1.54) is 5.56 Å². The lowest BCUT2D eigenvalue weighted by Gasteiger charge is -2.19. The number of benzene rings is 1. The Labute approximate surface area is 120 Å². The highest BCUT2D eigenvalue weighted by molar-refractivity contribution is 5.31. The molecule has 2 aromatic rings. The first kappa shape index (κ1) is 14.5. The van der Waals surface area contributed by atoms with Crippen LogP contribution in [0.1, 0.15) is 30.8 Å². The number of hydrogen-bond acceptors (Lipinski definition) is 4. The summed E-state index contributed by atoms with van der Waals surface area (Å²) in [5.74, 6) is 1.85. The first-order chi connectivity index (χ1) is 9.74. The second kappa shape index (κ2) is 7.05. The summed E-state index contributed by atoms with van der Waals surface area (Å²) in [6.45, 7) is 3.14. The van der Waals surface area contributed by atoms with Crippen LogP contribution < -0.4 is 10.1 Å². The zero-order valence-corrected chi connectivity index (χ0v) is 12.3. The summed E-state index contributed by atoms with van der Waals surface area (Å²) in [5.41, 5.74) is 1.21. The van der Waals surface area contributed by atoms with E-state index in [1.807, 2.05) is 23.9 Å². The molecule has 0 radical (unpaired) electrons. The standard InChI is InChI=1S/C15H22N4O/c1-4-8-16-14(10-15-17-11-18-19(15)2)12-6-5-7-13(9-12)20-3/h5-7,9,11,14,16H,4,8,10H2,1-3H3. The summed E-state index contributed by atoms with van der Waals surface area (Å²) >= 11 is 0. The van der Waals surface area contributed by atoms with E-state index >= 15 is 0 Å². The molecule has 0 aliphatic carbocycles. The Hall–Kier alpha value is -1.88. The summed E-state index contributed by atoms with van der Waals surface area (Å²) in [6.07, 6.45) is 3.50. The SMILES string of the molecule is CCCNC(Cc1ncnn1C)c1cccc(OC)c1. The fourth-order valence-corrected chi connectivity index (χ4v) is 2.17. The molecule has 0 bridgehead atoms. The van der Waals surface area contributed by atoms with Gasteiger partial charge in [0, 0.05) is 19.5 Å². The van der Waals surface area contributed by atoms with Crippen molar-refractivity contribution in [3.05, 3.63) is 42.0 Å². The molecular weight excluding hydrogens is 252 g/mol. The molecule has 1 aromatic carbocycles. The molecule has 1 heterocycles. The van der Waals surface area contributed by atoms with Gasteiger partial charge in [-0.15, -0.1) is 0 Å². The van der Waals surface area contributed by atoms with Crippen LogP contribution in [0.25, 0.3) is 0 Å². The van der Waals surface area contributed by atoms with Crippen LogP contribution in [0.5, 0.6) is 5.75 Å². The lowest BCUT2D eigenvalue weighted by Crippen LogP contribution is -2.25. The van der Waals surface area contributed by atoms with Gasteiger partial charge in [0.15, 0.2) is 0 Å². The minimum Gasteiger partial charge on any atom is -0.497 e. The topological polar surface area (TPSA) is 52.0 Å². The molecule has 0 saturated carbocycles. The van der Waals surface area contributed by atoms with E-state index in [4.69, 9.17) is 4.74 Å². The Balaban J connectivity index is 2.19. The predicted molar refractivity (Wildman–Crippen MR) is 78.7 cm³/mol. The van der Waals surface area contributed by atoms with E-state index < -0.39 is 0 Å². The van der Waals surface area contributed by atoms with Crippen molar-refractivity contribution in [1.82, 2.24) is 20.1 Å². The number of methoxy groups -OCH3 is 1. The highest BCUT2D eigenvalue weighted by atomic mass is 16.5. The van der Waals surface area contributed by atoms with E-state index in [-0.39, 0.29) is 6.04 Å². The molecule has 5 nitrogen and oxygen atoms in total. The van der Waals surface area contributed by atoms with Crippen molar-refractivity contribution in [3.63, 3.8) is 0 Å². The van der Waals surface area contributed by atoms with Crippen molar-refractivity contribution < 1.29 is 4.74 Å². The average molecular weight is 274 g/mol.